The summed E-state index contributed by atoms with van der Waals surface area (Å²) in [6, 6.07) is 7.83. The Hall–Kier alpha value is -2.77. The number of nitriles is 2. The fourth-order valence-electron chi connectivity index (χ4n) is 1.30. The lowest BCUT2D eigenvalue weighted by atomic mass is 10.2. The predicted octanol–water partition coefficient (Wildman–Crippen LogP) is 3.50. The van der Waals surface area contributed by atoms with Gasteiger partial charge in [-0.15, -0.1) is 0 Å². The van der Waals surface area contributed by atoms with Crippen LogP contribution in [0.4, 0.5) is 16.2 Å². The number of nitrogens with one attached hydrogen (secondary N) is 2. The molecular formula is C14H14ClN5O2. The maximum absolute atomic E-state index is 11.7. The van der Waals surface area contributed by atoms with E-state index in [4.69, 9.17) is 26.9 Å². The number of halogens is 1. The van der Waals surface area contributed by atoms with Crippen molar-refractivity contribution in [3.05, 3.63) is 23.2 Å². The monoisotopic (exact) mass is 319 g/mol. The van der Waals surface area contributed by atoms with Crippen LogP contribution in [0.25, 0.3) is 0 Å². The van der Waals surface area contributed by atoms with Crippen molar-refractivity contribution in [1.29, 1.82) is 10.5 Å². The van der Waals surface area contributed by atoms with Gasteiger partial charge in [0, 0.05) is 5.69 Å². The average Bonchev–Trinajstić information content (AvgIpc) is 2.41. The van der Waals surface area contributed by atoms with Gasteiger partial charge in [0.25, 0.3) is 0 Å². The van der Waals surface area contributed by atoms with Crippen LogP contribution in [0.3, 0.4) is 0 Å². The number of carbonyl (C=O) groups excluding carboxylic acids is 1. The summed E-state index contributed by atoms with van der Waals surface area (Å²) in [6.07, 6.45) is -0.612. The highest BCUT2D eigenvalue weighted by molar-refractivity contribution is 6.33. The van der Waals surface area contributed by atoms with Crippen molar-refractivity contribution >= 4 is 34.8 Å². The van der Waals surface area contributed by atoms with E-state index in [1.807, 2.05) is 0 Å². The van der Waals surface area contributed by atoms with E-state index in [0.717, 1.165) is 0 Å². The Labute approximate surface area is 133 Å². The van der Waals surface area contributed by atoms with Crippen molar-refractivity contribution in [1.82, 2.24) is 0 Å². The summed E-state index contributed by atoms with van der Waals surface area (Å²) in [7, 11) is 0. The molecule has 0 heterocycles. The molecule has 0 atom stereocenters. The molecule has 0 aromatic heterocycles. The molecule has 1 rings (SSSR count). The average molecular weight is 320 g/mol. The molecule has 1 amide bonds. The molecule has 1 aromatic carbocycles. The van der Waals surface area contributed by atoms with E-state index in [0.29, 0.717) is 16.4 Å². The third-order valence-electron chi connectivity index (χ3n) is 2.11. The summed E-state index contributed by atoms with van der Waals surface area (Å²) in [4.78, 5) is 11.7. The summed E-state index contributed by atoms with van der Waals surface area (Å²) >= 11 is 5.97. The van der Waals surface area contributed by atoms with Crippen LogP contribution in [0.1, 0.15) is 20.8 Å². The number of ether oxygens (including phenoxy) is 1. The van der Waals surface area contributed by atoms with E-state index in [1.54, 1.807) is 39.0 Å². The van der Waals surface area contributed by atoms with Gasteiger partial charge in [0.2, 0.25) is 5.71 Å². The molecule has 0 saturated heterocycles. The van der Waals surface area contributed by atoms with Crippen molar-refractivity contribution < 1.29 is 9.53 Å². The summed E-state index contributed by atoms with van der Waals surface area (Å²) in [5, 5.41) is 23.7. The van der Waals surface area contributed by atoms with Crippen LogP contribution in [0.5, 0.6) is 0 Å². The molecule has 0 fully saturated rings. The number of rotatable bonds is 3. The van der Waals surface area contributed by atoms with Crippen molar-refractivity contribution in [3.63, 3.8) is 0 Å². The second kappa shape index (κ2) is 7.30. The van der Waals surface area contributed by atoms with Crippen LogP contribution < -0.4 is 10.7 Å². The second-order valence-electron chi connectivity index (χ2n) is 5.12. The first kappa shape index (κ1) is 17.3. The number of amides is 1. The highest BCUT2D eigenvalue weighted by atomic mass is 35.5. The molecule has 2 N–H and O–H groups in total. The molecule has 0 aliphatic carbocycles. The minimum absolute atomic E-state index is 0.314. The van der Waals surface area contributed by atoms with Crippen LogP contribution in [0.15, 0.2) is 23.3 Å². The topological polar surface area (TPSA) is 110 Å². The minimum atomic E-state index is -0.615. The number of nitrogens with zero attached hydrogens (tertiary/aromatic N) is 3. The zero-order valence-corrected chi connectivity index (χ0v) is 13.0. The molecule has 0 bridgehead atoms. The Kier molecular flexibility index (Phi) is 5.73. The lowest BCUT2D eigenvalue weighted by molar-refractivity contribution is 0.0636. The van der Waals surface area contributed by atoms with Crippen LogP contribution >= 0.6 is 11.6 Å². The zero-order valence-electron chi connectivity index (χ0n) is 12.3. The number of hydrogen-bond donors (Lipinski definition) is 2. The SMILES string of the molecule is CC(C)(C)OC(=O)Nc1ccc(Cl)c(NN=C(C#N)C#N)c1. The van der Waals surface area contributed by atoms with Crippen molar-refractivity contribution in [2.45, 2.75) is 26.4 Å². The lowest BCUT2D eigenvalue weighted by Gasteiger charge is -2.19. The number of carbonyl (C=O) groups is 1. The number of hydrazone groups is 1. The predicted molar refractivity (Wildman–Crippen MR) is 83.6 cm³/mol. The van der Waals surface area contributed by atoms with Gasteiger partial charge in [-0.3, -0.25) is 10.7 Å². The standard InChI is InChI=1S/C14H14ClN5O2/c1-14(2,3)22-13(21)18-9-4-5-11(15)12(6-9)20-19-10(7-16)8-17/h4-6,20H,1-3H3,(H,18,21). The molecular weight excluding hydrogens is 306 g/mol. The summed E-state index contributed by atoms with van der Waals surface area (Å²) in [5.74, 6) is 0. The Bertz CT molecular complexity index is 664. The van der Waals surface area contributed by atoms with Crippen molar-refractivity contribution in [2.24, 2.45) is 5.10 Å². The van der Waals surface area contributed by atoms with Gasteiger partial charge in [-0.05, 0) is 39.0 Å². The first-order chi connectivity index (χ1) is 10.2. The lowest BCUT2D eigenvalue weighted by Crippen LogP contribution is -2.27. The van der Waals surface area contributed by atoms with Gasteiger partial charge in [0.05, 0.1) is 10.7 Å². The fourth-order valence-corrected chi connectivity index (χ4v) is 1.46. The van der Waals surface area contributed by atoms with Gasteiger partial charge in [-0.2, -0.15) is 15.6 Å². The van der Waals surface area contributed by atoms with Crippen molar-refractivity contribution in [3.8, 4) is 12.1 Å². The van der Waals surface area contributed by atoms with Crippen LogP contribution in [0.2, 0.25) is 5.02 Å². The molecule has 7 nitrogen and oxygen atoms in total. The van der Waals surface area contributed by atoms with Gasteiger partial charge < -0.3 is 4.74 Å². The quantitative estimate of drug-likeness (QED) is 0.654. The van der Waals surface area contributed by atoms with E-state index in [2.05, 4.69) is 15.8 Å². The van der Waals surface area contributed by atoms with E-state index in [-0.39, 0.29) is 5.71 Å². The maximum Gasteiger partial charge on any atom is 0.412 e. The van der Waals surface area contributed by atoms with E-state index < -0.39 is 11.7 Å². The highest BCUT2D eigenvalue weighted by Crippen LogP contribution is 2.26. The highest BCUT2D eigenvalue weighted by Gasteiger charge is 2.16. The van der Waals surface area contributed by atoms with Gasteiger partial charge in [-0.25, -0.2) is 4.79 Å². The van der Waals surface area contributed by atoms with E-state index >= 15 is 0 Å². The fraction of sp³-hybridized carbons (Fsp3) is 0.286. The Morgan fingerprint density at radius 2 is 1.95 bits per heavy atom. The van der Waals surface area contributed by atoms with E-state index in [9.17, 15) is 4.79 Å². The molecule has 0 aliphatic rings. The first-order valence-electron chi connectivity index (χ1n) is 6.18. The Morgan fingerprint density at radius 3 is 2.50 bits per heavy atom. The van der Waals surface area contributed by atoms with Gasteiger partial charge >= 0.3 is 6.09 Å². The molecule has 22 heavy (non-hydrogen) atoms. The maximum atomic E-state index is 11.7. The minimum Gasteiger partial charge on any atom is -0.444 e. The largest absolute Gasteiger partial charge is 0.444 e. The third kappa shape index (κ3) is 5.70. The third-order valence-corrected chi connectivity index (χ3v) is 2.44. The molecule has 0 saturated carbocycles. The zero-order chi connectivity index (χ0) is 16.8. The molecule has 0 aliphatic heterocycles. The van der Waals surface area contributed by atoms with E-state index in [1.165, 1.54) is 12.1 Å². The van der Waals surface area contributed by atoms with Gasteiger partial charge in [0.1, 0.15) is 17.7 Å². The Balaban J connectivity index is 2.87. The Morgan fingerprint density at radius 1 is 1.32 bits per heavy atom. The van der Waals surface area contributed by atoms with Crippen molar-refractivity contribution in [2.75, 3.05) is 10.7 Å². The molecule has 0 radical (unpaired) electrons. The van der Waals surface area contributed by atoms with Crippen LogP contribution in [0, 0.1) is 22.7 Å². The smallest absolute Gasteiger partial charge is 0.412 e. The number of benzene rings is 1. The van der Waals surface area contributed by atoms with Gasteiger partial charge in [-0.1, -0.05) is 11.6 Å². The van der Waals surface area contributed by atoms with Crippen LogP contribution in [-0.4, -0.2) is 17.4 Å². The summed E-state index contributed by atoms with van der Waals surface area (Å²) in [5.41, 5.74) is 2.29. The number of hydrogen-bond acceptors (Lipinski definition) is 6. The second-order valence-corrected chi connectivity index (χ2v) is 5.52. The number of anilines is 2. The van der Waals surface area contributed by atoms with Crippen LogP contribution in [-0.2, 0) is 4.74 Å². The molecule has 114 valence electrons. The first-order valence-corrected chi connectivity index (χ1v) is 6.56. The molecule has 8 heteroatoms. The molecule has 0 unspecified atom stereocenters. The molecule has 1 aromatic rings. The molecule has 0 spiro atoms. The summed E-state index contributed by atoms with van der Waals surface area (Å²) < 4.78 is 5.13. The summed E-state index contributed by atoms with van der Waals surface area (Å²) in [6.45, 7) is 5.25. The van der Waals surface area contributed by atoms with Gasteiger partial charge in [0.15, 0.2) is 0 Å². The normalized spacial score (nSPS) is 9.91.